The fraction of sp³-hybridized carbons (Fsp3) is 0.118. The van der Waals surface area contributed by atoms with Gasteiger partial charge in [-0.3, -0.25) is 0 Å². The van der Waals surface area contributed by atoms with Crippen molar-refractivity contribution in [3.05, 3.63) is 70.8 Å². The zero-order valence-electron chi connectivity index (χ0n) is 12.8. The standard InChI is InChI=1S/C17H14ClN5O/c1-24-14-7-5-11(6-8-14)15-10-16(12-3-2-4-13(18)9-12)23-17(19-15)20-21-22-23/h2-10,16H,1H3,(H,19,20,22). The molecule has 1 aliphatic rings. The Labute approximate surface area is 143 Å². The zero-order chi connectivity index (χ0) is 16.5. The highest BCUT2D eigenvalue weighted by Crippen LogP contribution is 2.32. The van der Waals surface area contributed by atoms with Gasteiger partial charge in [0.25, 0.3) is 0 Å². The number of methoxy groups -OCH3 is 1. The third-order valence-corrected chi connectivity index (χ3v) is 4.15. The molecular weight excluding hydrogens is 326 g/mol. The molecule has 0 amide bonds. The van der Waals surface area contributed by atoms with Gasteiger partial charge in [0.2, 0.25) is 5.95 Å². The third kappa shape index (κ3) is 2.61. The lowest BCUT2D eigenvalue weighted by atomic mass is 10.0. The average molecular weight is 340 g/mol. The Hall–Kier alpha value is -2.86. The lowest BCUT2D eigenvalue weighted by Gasteiger charge is -2.23. The summed E-state index contributed by atoms with van der Waals surface area (Å²) in [6.07, 6.45) is 2.08. The molecule has 120 valence electrons. The molecule has 0 spiro atoms. The maximum absolute atomic E-state index is 6.14. The number of hydrogen-bond acceptors (Lipinski definition) is 5. The largest absolute Gasteiger partial charge is 0.497 e. The molecule has 1 aromatic heterocycles. The minimum Gasteiger partial charge on any atom is -0.497 e. The van der Waals surface area contributed by atoms with Gasteiger partial charge in [0.1, 0.15) is 11.8 Å². The molecule has 1 aliphatic heterocycles. The van der Waals surface area contributed by atoms with Crippen LogP contribution in [0.15, 0.2) is 54.6 Å². The molecule has 1 unspecified atom stereocenters. The first-order valence-corrected chi connectivity index (χ1v) is 7.79. The first-order chi connectivity index (χ1) is 11.7. The van der Waals surface area contributed by atoms with E-state index in [2.05, 4.69) is 26.9 Å². The molecule has 0 aliphatic carbocycles. The van der Waals surface area contributed by atoms with E-state index >= 15 is 0 Å². The summed E-state index contributed by atoms with van der Waals surface area (Å²) in [5.41, 5.74) is 2.98. The minimum absolute atomic E-state index is 0.132. The van der Waals surface area contributed by atoms with E-state index in [4.69, 9.17) is 16.3 Å². The van der Waals surface area contributed by atoms with Gasteiger partial charge < -0.3 is 10.1 Å². The Balaban J connectivity index is 1.78. The monoisotopic (exact) mass is 339 g/mol. The number of hydrogen-bond donors (Lipinski definition) is 1. The summed E-state index contributed by atoms with van der Waals surface area (Å²) < 4.78 is 6.95. The third-order valence-electron chi connectivity index (χ3n) is 3.92. The number of aromatic nitrogens is 4. The summed E-state index contributed by atoms with van der Waals surface area (Å²) in [6, 6.07) is 15.4. The SMILES string of the molecule is COc1ccc(C2=CC(c3cccc(Cl)c3)n3nnnc3N2)cc1. The molecule has 0 saturated carbocycles. The van der Waals surface area contributed by atoms with Crippen LogP contribution in [-0.2, 0) is 0 Å². The van der Waals surface area contributed by atoms with E-state index in [1.807, 2.05) is 48.5 Å². The van der Waals surface area contributed by atoms with Gasteiger partial charge in [-0.15, -0.1) is 0 Å². The number of nitrogens with one attached hydrogen (secondary N) is 1. The van der Waals surface area contributed by atoms with Crippen LogP contribution in [0, 0.1) is 0 Å². The predicted molar refractivity (Wildman–Crippen MR) is 92.0 cm³/mol. The highest BCUT2D eigenvalue weighted by Gasteiger charge is 2.24. The second-order valence-electron chi connectivity index (χ2n) is 5.38. The topological polar surface area (TPSA) is 64.9 Å². The molecule has 0 bridgehead atoms. The molecule has 1 atom stereocenters. The molecule has 0 fully saturated rings. The van der Waals surface area contributed by atoms with Crippen molar-refractivity contribution in [3.63, 3.8) is 0 Å². The van der Waals surface area contributed by atoms with Crippen molar-refractivity contribution >= 4 is 23.2 Å². The Morgan fingerprint density at radius 1 is 1.17 bits per heavy atom. The summed E-state index contributed by atoms with van der Waals surface area (Å²) in [4.78, 5) is 0. The summed E-state index contributed by atoms with van der Waals surface area (Å²) in [5.74, 6) is 1.40. The number of benzene rings is 2. The Bertz CT molecular complexity index is 903. The van der Waals surface area contributed by atoms with Crippen LogP contribution in [0.3, 0.4) is 0 Å². The maximum Gasteiger partial charge on any atom is 0.248 e. The van der Waals surface area contributed by atoms with Crippen LogP contribution < -0.4 is 10.1 Å². The van der Waals surface area contributed by atoms with Gasteiger partial charge in [-0.05, 0) is 64.0 Å². The van der Waals surface area contributed by atoms with E-state index in [0.717, 1.165) is 22.6 Å². The lowest BCUT2D eigenvalue weighted by molar-refractivity contribution is 0.415. The average Bonchev–Trinajstić information content (AvgIpc) is 3.09. The number of rotatable bonds is 3. The first-order valence-electron chi connectivity index (χ1n) is 7.41. The molecular formula is C17H14ClN5O. The summed E-state index contributed by atoms with van der Waals surface area (Å²) in [5, 5.41) is 15.9. The van der Waals surface area contributed by atoms with E-state index in [9.17, 15) is 0 Å². The molecule has 24 heavy (non-hydrogen) atoms. The van der Waals surface area contributed by atoms with Crippen LogP contribution in [-0.4, -0.2) is 27.3 Å². The van der Waals surface area contributed by atoms with Gasteiger partial charge in [0, 0.05) is 10.7 Å². The molecule has 2 aromatic carbocycles. The molecule has 1 N–H and O–H groups in total. The van der Waals surface area contributed by atoms with Gasteiger partial charge in [-0.25, -0.2) is 0 Å². The minimum atomic E-state index is -0.132. The summed E-state index contributed by atoms with van der Waals surface area (Å²) >= 11 is 6.14. The van der Waals surface area contributed by atoms with Crippen molar-refractivity contribution in [1.29, 1.82) is 0 Å². The van der Waals surface area contributed by atoms with Crippen LogP contribution >= 0.6 is 11.6 Å². The van der Waals surface area contributed by atoms with Crippen molar-refractivity contribution in [1.82, 2.24) is 20.2 Å². The highest BCUT2D eigenvalue weighted by molar-refractivity contribution is 6.30. The summed E-state index contributed by atoms with van der Waals surface area (Å²) in [6.45, 7) is 0. The van der Waals surface area contributed by atoms with E-state index in [1.54, 1.807) is 11.8 Å². The van der Waals surface area contributed by atoms with Crippen LogP contribution in [0.4, 0.5) is 5.95 Å². The molecule has 6 nitrogen and oxygen atoms in total. The van der Waals surface area contributed by atoms with Crippen LogP contribution in [0.2, 0.25) is 5.02 Å². The molecule has 2 heterocycles. The van der Waals surface area contributed by atoms with Crippen molar-refractivity contribution in [2.24, 2.45) is 0 Å². The molecule has 0 radical (unpaired) electrons. The molecule has 7 heteroatoms. The van der Waals surface area contributed by atoms with Gasteiger partial charge in [-0.1, -0.05) is 28.8 Å². The maximum atomic E-state index is 6.14. The number of fused-ring (bicyclic) bond motifs is 1. The molecule has 3 aromatic rings. The number of allylic oxidation sites excluding steroid dienone is 1. The Kier molecular flexibility index (Phi) is 3.66. The number of halogens is 1. The Morgan fingerprint density at radius 3 is 2.75 bits per heavy atom. The number of tetrazole rings is 1. The van der Waals surface area contributed by atoms with E-state index in [-0.39, 0.29) is 6.04 Å². The van der Waals surface area contributed by atoms with Crippen LogP contribution in [0.25, 0.3) is 5.70 Å². The van der Waals surface area contributed by atoms with E-state index < -0.39 is 0 Å². The van der Waals surface area contributed by atoms with Gasteiger partial charge >= 0.3 is 0 Å². The van der Waals surface area contributed by atoms with Crippen molar-refractivity contribution in [3.8, 4) is 5.75 Å². The Morgan fingerprint density at radius 2 is 2.00 bits per heavy atom. The molecule has 0 saturated heterocycles. The van der Waals surface area contributed by atoms with Crippen LogP contribution in [0.1, 0.15) is 17.2 Å². The van der Waals surface area contributed by atoms with E-state index in [1.165, 1.54) is 0 Å². The number of anilines is 1. The van der Waals surface area contributed by atoms with Gasteiger partial charge in [0.15, 0.2) is 0 Å². The smallest absolute Gasteiger partial charge is 0.248 e. The van der Waals surface area contributed by atoms with Crippen molar-refractivity contribution < 1.29 is 4.74 Å². The van der Waals surface area contributed by atoms with Crippen molar-refractivity contribution in [2.45, 2.75) is 6.04 Å². The highest BCUT2D eigenvalue weighted by atomic mass is 35.5. The number of ether oxygens (including phenoxy) is 1. The number of nitrogens with zero attached hydrogens (tertiary/aromatic N) is 4. The summed E-state index contributed by atoms with van der Waals surface area (Å²) in [7, 11) is 1.65. The zero-order valence-corrected chi connectivity index (χ0v) is 13.6. The quantitative estimate of drug-likeness (QED) is 0.792. The second-order valence-corrected chi connectivity index (χ2v) is 5.82. The first kappa shape index (κ1) is 14.7. The van der Waals surface area contributed by atoms with Crippen molar-refractivity contribution in [2.75, 3.05) is 12.4 Å². The molecule has 4 rings (SSSR count). The lowest BCUT2D eigenvalue weighted by Crippen LogP contribution is -2.20. The van der Waals surface area contributed by atoms with E-state index in [0.29, 0.717) is 11.0 Å². The fourth-order valence-electron chi connectivity index (χ4n) is 2.72. The predicted octanol–water partition coefficient (Wildman–Crippen LogP) is 3.39. The normalized spacial score (nSPS) is 16.1. The fourth-order valence-corrected chi connectivity index (χ4v) is 2.92. The van der Waals surface area contributed by atoms with Crippen LogP contribution in [0.5, 0.6) is 5.75 Å². The second kappa shape index (κ2) is 5.98. The van der Waals surface area contributed by atoms with Gasteiger partial charge in [-0.2, -0.15) is 4.68 Å². The van der Waals surface area contributed by atoms with Gasteiger partial charge in [0.05, 0.1) is 7.11 Å².